The quantitative estimate of drug-likeness (QED) is 0.834. The predicted octanol–water partition coefficient (Wildman–Crippen LogP) is 3.95. The van der Waals surface area contributed by atoms with Crippen LogP contribution in [0.15, 0.2) is 36.4 Å². The summed E-state index contributed by atoms with van der Waals surface area (Å²) in [6.45, 7) is 6.09. The lowest BCUT2D eigenvalue weighted by atomic mass is 10.0. The number of nitrogens with one attached hydrogen (secondary N) is 1. The van der Waals surface area contributed by atoms with Gasteiger partial charge in [-0.05, 0) is 54.7 Å². The highest BCUT2D eigenvalue weighted by atomic mass is 16.1. The van der Waals surface area contributed by atoms with Crippen molar-refractivity contribution in [2.75, 3.05) is 11.1 Å². The second kappa shape index (κ2) is 6.44. The molecule has 3 N–H and O–H groups in total. The van der Waals surface area contributed by atoms with Crippen molar-refractivity contribution in [3.05, 3.63) is 58.7 Å². The standard InChI is InChI=1S/C18H22N2O/c1-4-13-7-6-8-14(5-2)17(13)20-18(21)16-10-9-15(19)11-12(16)3/h6-11H,4-5,19H2,1-3H3,(H,20,21). The third-order valence-electron chi connectivity index (χ3n) is 3.73. The second-order valence-electron chi connectivity index (χ2n) is 5.19. The highest BCUT2D eigenvalue weighted by Gasteiger charge is 2.13. The highest BCUT2D eigenvalue weighted by Crippen LogP contribution is 2.24. The maximum atomic E-state index is 12.5. The van der Waals surface area contributed by atoms with E-state index in [0.717, 1.165) is 35.2 Å². The van der Waals surface area contributed by atoms with Crippen LogP contribution in [0, 0.1) is 6.92 Å². The van der Waals surface area contributed by atoms with Gasteiger partial charge in [-0.2, -0.15) is 0 Å². The molecule has 21 heavy (non-hydrogen) atoms. The summed E-state index contributed by atoms with van der Waals surface area (Å²) >= 11 is 0. The molecule has 2 aromatic carbocycles. The van der Waals surface area contributed by atoms with E-state index in [1.165, 1.54) is 0 Å². The van der Waals surface area contributed by atoms with Crippen molar-refractivity contribution < 1.29 is 4.79 Å². The van der Waals surface area contributed by atoms with Gasteiger partial charge in [-0.3, -0.25) is 4.79 Å². The molecule has 1 amide bonds. The molecule has 110 valence electrons. The number of nitrogen functional groups attached to an aromatic ring is 1. The molecule has 0 aliphatic heterocycles. The molecule has 3 heteroatoms. The molecule has 0 aliphatic carbocycles. The van der Waals surface area contributed by atoms with E-state index in [0.29, 0.717) is 11.3 Å². The Morgan fingerprint density at radius 3 is 2.24 bits per heavy atom. The van der Waals surface area contributed by atoms with Crippen LogP contribution in [-0.2, 0) is 12.8 Å². The van der Waals surface area contributed by atoms with E-state index in [9.17, 15) is 4.79 Å². The smallest absolute Gasteiger partial charge is 0.255 e. The molecule has 0 saturated heterocycles. The summed E-state index contributed by atoms with van der Waals surface area (Å²) in [6, 6.07) is 11.5. The largest absolute Gasteiger partial charge is 0.399 e. The maximum Gasteiger partial charge on any atom is 0.255 e. The van der Waals surface area contributed by atoms with E-state index in [1.54, 1.807) is 12.1 Å². The van der Waals surface area contributed by atoms with E-state index in [-0.39, 0.29) is 5.91 Å². The first kappa shape index (κ1) is 15.1. The van der Waals surface area contributed by atoms with Crippen LogP contribution in [-0.4, -0.2) is 5.91 Å². The zero-order valence-electron chi connectivity index (χ0n) is 12.9. The molecule has 0 fully saturated rings. The number of carbonyl (C=O) groups is 1. The second-order valence-corrected chi connectivity index (χ2v) is 5.19. The highest BCUT2D eigenvalue weighted by molar-refractivity contribution is 6.06. The van der Waals surface area contributed by atoms with E-state index in [2.05, 4.69) is 31.3 Å². The number of benzene rings is 2. The lowest BCUT2D eigenvalue weighted by Gasteiger charge is -2.15. The molecule has 0 atom stereocenters. The minimum absolute atomic E-state index is 0.0805. The van der Waals surface area contributed by atoms with Crippen molar-refractivity contribution in [3.63, 3.8) is 0 Å². The summed E-state index contributed by atoms with van der Waals surface area (Å²) in [5.74, 6) is -0.0805. The lowest BCUT2D eigenvalue weighted by Crippen LogP contribution is -2.16. The number of hydrogen-bond donors (Lipinski definition) is 2. The first-order valence-electron chi connectivity index (χ1n) is 7.35. The molecule has 0 spiro atoms. The van der Waals surface area contributed by atoms with Gasteiger partial charge in [-0.15, -0.1) is 0 Å². The summed E-state index contributed by atoms with van der Waals surface area (Å²) < 4.78 is 0. The lowest BCUT2D eigenvalue weighted by molar-refractivity contribution is 0.102. The third kappa shape index (κ3) is 3.24. The van der Waals surface area contributed by atoms with Gasteiger partial charge in [0.1, 0.15) is 0 Å². The normalized spacial score (nSPS) is 10.4. The van der Waals surface area contributed by atoms with E-state index in [4.69, 9.17) is 5.73 Å². The van der Waals surface area contributed by atoms with Gasteiger partial charge in [-0.1, -0.05) is 32.0 Å². The SMILES string of the molecule is CCc1cccc(CC)c1NC(=O)c1ccc(N)cc1C. The van der Waals surface area contributed by atoms with Crippen molar-refractivity contribution in [1.29, 1.82) is 0 Å². The van der Waals surface area contributed by atoms with E-state index in [1.807, 2.05) is 19.1 Å². The van der Waals surface area contributed by atoms with E-state index >= 15 is 0 Å². The Labute approximate surface area is 126 Å². The molecular weight excluding hydrogens is 260 g/mol. The number of carbonyl (C=O) groups excluding carboxylic acids is 1. The number of amides is 1. The van der Waals surface area contributed by atoms with Gasteiger partial charge < -0.3 is 11.1 Å². The Balaban J connectivity index is 2.35. The fourth-order valence-electron chi connectivity index (χ4n) is 2.53. The van der Waals surface area contributed by atoms with Crippen LogP contribution in [0.5, 0.6) is 0 Å². The molecule has 0 saturated carbocycles. The molecule has 0 unspecified atom stereocenters. The van der Waals surface area contributed by atoms with Crippen LogP contribution >= 0.6 is 0 Å². The zero-order valence-corrected chi connectivity index (χ0v) is 12.9. The Kier molecular flexibility index (Phi) is 4.63. The van der Waals surface area contributed by atoms with Gasteiger partial charge in [-0.25, -0.2) is 0 Å². The molecule has 2 aromatic rings. The van der Waals surface area contributed by atoms with Crippen molar-refractivity contribution in [1.82, 2.24) is 0 Å². The maximum absolute atomic E-state index is 12.5. The number of rotatable bonds is 4. The van der Waals surface area contributed by atoms with Crippen LogP contribution in [0.25, 0.3) is 0 Å². The van der Waals surface area contributed by atoms with Crippen molar-refractivity contribution in [2.24, 2.45) is 0 Å². The monoisotopic (exact) mass is 282 g/mol. The summed E-state index contributed by atoms with van der Waals surface area (Å²) in [5, 5.41) is 3.08. The summed E-state index contributed by atoms with van der Waals surface area (Å²) in [7, 11) is 0. The number of para-hydroxylation sites is 1. The minimum atomic E-state index is -0.0805. The number of anilines is 2. The molecule has 0 radical (unpaired) electrons. The van der Waals surface area contributed by atoms with E-state index < -0.39 is 0 Å². The Morgan fingerprint density at radius 1 is 1.10 bits per heavy atom. The van der Waals surface area contributed by atoms with Gasteiger partial charge >= 0.3 is 0 Å². The molecule has 0 bridgehead atoms. The van der Waals surface area contributed by atoms with Crippen molar-refractivity contribution >= 4 is 17.3 Å². The van der Waals surface area contributed by atoms with Crippen LogP contribution in [0.3, 0.4) is 0 Å². The fourth-order valence-corrected chi connectivity index (χ4v) is 2.53. The average Bonchev–Trinajstić information content (AvgIpc) is 2.47. The summed E-state index contributed by atoms with van der Waals surface area (Å²) in [6.07, 6.45) is 1.79. The predicted molar refractivity (Wildman–Crippen MR) is 88.7 cm³/mol. The summed E-state index contributed by atoms with van der Waals surface area (Å²) in [4.78, 5) is 12.5. The van der Waals surface area contributed by atoms with Gasteiger partial charge in [0.15, 0.2) is 0 Å². The molecule has 0 heterocycles. The molecule has 0 aliphatic rings. The molecule has 3 nitrogen and oxygen atoms in total. The Morgan fingerprint density at radius 2 is 1.71 bits per heavy atom. The first-order chi connectivity index (χ1) is 10.1. The van der Waals surface area contributed by atoms with Gasteiger partial charge in [0.2, 0.25) is 0 Å². The Hall–Kier alpha value is -2.29. The summed E-state index contributed by atoms with van der Waals surface area (Å²) in [5.41, 5.74) is 11.2. The molecular formula is C18H22N2O. The minimum Gasteiger partial charge on any atom is -0.399 e. The average molecular weight is 282 g/mol. The number of hydrogen-bond acceptors (Lipinski definition) is 2. The van der Waals surface area contributed by atoms with Crippen molar-refractivity contribution in [2.45, 2.75) is 33.6 Å². The third-order valence-corrected chi connectivity index (χ3v) is 3.73. The van der Waals surface area contributed by atoms with Gasteiger partial charge in [0.25, 0.3) is 5.91 Å². The van der Waals surface area contributed by atoms with Gasteiger partial charge in [0, 0.05) is 16.9 Å². The number of aryl methyl sites for hydroxylation is 3. The van der Waals surface area contributed by atoms with Crippen LogP contribution in [0.4, 0.5) is 11.4 Å². The van der Waals surface area contributed by atoms with Crippen LogP contribution in [0.2, 0.25) is 0 Å². The molecule has 2 rings (SSSR count). The van der Waals surface area contributed by atoms with Crippen LogP contribution < -0.4 is 11.1 Å². The van der Waals surface area contributed by atoms with Crippen LogP contribution in [0.1, 0.15) is 40.9 Å². The molecule has 0 aromatic heterocycles. The fraction of sp³-hybridized carbons (Fsp3) is 0.278. The Bertz CT molecular complexity index is 640. The topological polar surface area (TPSA) is 55.1 Å². The van der Waals surface area contributed by atoms with Crippen molar-refractivity contribution in [3.8, 4) is 0 Å². The number of nitrogens with two attached hydrogens (primary N) is 1. The first-order valence-corrected chi connectivity index (χ1v) is 7.35. The van der Waals surface area contributed by atoms with Gasteiger partial charge in [0.05, 0.1) is 0 Å². The zero-order chi connectivity index (χ0) is 15.4.